The molecule has 0 amide bonds. The number of rotatable bonds is 3. The number of nitrogens with two attached hydrogens (primary N) is 1. The first kappa shape index (κ1) is 11.7. The minimum atomic E-state index is -0.102. The molecular weight excluding hydrogens is 216 g/mol. The number of H-pyrrole nitrogens is 1. The maximum Gasteiger partial charge on any atom is 0.180 e. The molecule has 1 aromatic heterocycles. The number of benzene rings is 1. The van der Waals surface area contributed by atoms with Gasteiger partial charge in [0.1, 0.15) is 5.75 Å². The number of ether oxygens (including phenoxy) is 1. The summed E-state index contributed by atoms with van der Waals surface area (Å²) in [6, 6.07) is 3.71. The summed E-state index contributed by atoms with van der Waals surface area (Å²) in [6.07, 6.45) is 0. The summed E-state index contributed by atoms with van der Waals surface area (Å²) in [5, 5.41) is 0.914. The Bertz CT molecular complexity index is 585. The van der Waals surface area contributed by atoms with Crippen LogP contribution < -0.4 is 10.5 Å². The molecule has 0 aliphatic rings. The van der Waals surface area contributed by atoms with Gasteiger partial charge in [0.05, 0.1) is 19.2 Å². The highest BCUT2D eigenvalue weighted by Crippen LogP contribution is 2.31. The second kappa shape index (κ2) is 4.22. The normalized spacial score (nSPS) is 10.8. The number of fused-ring (bicyclic) bond motifs is 1. The number of methoxy groups -OCH3 is 1. The Hall–Kier alpha value is -1.81. The Morgan fingerprint density at radius 3 is 2.71 bits per heavy atom. The van der Waals surface area contributed by atoms with Crippen LogP contribution in [0.2, 0.25) is 0 Å². The summed E-state index contributed by atoms with van der Waals surface area (Å²) in [7, 11) is 1.56. The van der Waals surface area contributed by atoms with E-state index in [2.05, 4.69) is 4.98 Å². The molecule has 1 heterocycles. The van der Waals surface area contributed by atoms with E-state index in [0.29, 0.717) is 11.3 Å². The lowest BCUT2D eigenvalue weighted by molar-refractivity contribution is 0.1000. The van der Waals surface area contributed by atoms with Gasteiger partial charge in [-0.05, 0) is 31.5 Å². The predicted octanol–water partition coefficient (Wildman–Crippen LogP) is 1.93. The Balaban J connectivity index is 2.86. The molecule has 2 rings (SSSR count). The zero-order valence-electron chi connectivity index (χ0n) is 10.3. The lowest BCUT2D eigenvalue weighted by atomic mass is 10.0. The molecule has 1 aromatic carbocycles. The van der Waals surface area contributed by atoms with Crippen molar-refractivity contribution in [3.8, 4) is 5.75 Å². The van der Waals surface area contributed by atoms with Crippen molar-refractivity contribution in [2.45, 2.75) is 13.8 Å². The first-order valence-corrected chi connectivity index (χ1v) is 5.49. The molecule has 0 atom stereocenters. The fraction of sp³-hybridized carbons (Fsp3) is 0.308. The number of carbonyl (C=O) groups is 1. The van der Waals surface area contributed by atoms with Gasteiger partial charge in [-0.15, -0.1) is 0 Å². The van der Waals surface area contributed by atoms with Crippen LogP contribution in [0, 0.1) is 13.8 Å². The topological polar surface area (TPSA) is 68.1 Å². The van der Waals surface area contributed by atoms with E-state index in [1.165, 1.54) is 0 Å². The fourth-order valence-electron chi connectivity index (χ4n) is 2.11. The van der Waals surface area contributed by atoms with Crippen LogP contribution in [0.5, 0.6) is 5.75 Å². The first-order valence-electron chi connectivity index (χ1n) is 5.49. The molecule has 17 heavy (non-hydrogen) atoms. The van der Waals surface area contributed by atoms with Crippen molar-refractivity contribution in [1.82, 2.24) is 4.98 Å². The van der Waals surface area contributed by atoms with Crippen molar-refractivity contribution in [1.29, 1.82) is 0 Å². The SMILES string of the molecule is COc1ccc2[nH]c(C)c(C)c2c1C(=O)CN. The van der Waals surface area contributed by atoms with E-state index in [1.807, 2.05) is 19.9 Å². The minimum absolute atomic E-state index is 0.0147. The Morgan fingerprint density at radius 1 is 1.41 bits per heavy atom. The van der Waals surface area contributed by atoms with Gasteiger partial charge in [-0.3, -0.25) is 4.79 Å². The van der Waals surface area contributed by atoms with Crippen LogP contribution in [-0.2, 0) is 0 Å². The number of aromatic nitrogens is 1. The summed E-state index contributed by atoms with van der Waals surface area (Å²) < 4.78 is 5.25. The molecule has 4 nitrogen and oxygen atoms in total. The van der Waals surface area contributed by atoms with E-state index in [9.17, 15) is 4.79 Å². The lowest BCUT2D eigenvalue weighted by Gasteiger charge is -2.08. The van der Waals surface area contributed by atoms with Crippen LogP contribution in [0.1, 0.15) is 21.6 Å². The molecule has 2 aromatic rings. The quantitative estimate of drug-likeness (QED) is 0.794. The highest BCUT2D eigenvalue weighted by atomic mass is 16.5. The van der Waals surface area contributed by atoms with E-state index < -0.39 is 0 Å². The van der Waals surface area contributed by atoms with Gasteiger partial charge in [0, 0.05) is 16.6 Å². The minimum Gasteiger partial charge on any atom is -0.496 e. The number of hydrogen-bond acceptors (Lipinski definition) is 3. The molecule has 0 unspecified atom stereocenters. The van der Waals surface area contributed by atoms with Crippen LogP contribution in [-0.4, -0.2) is 24.4 Å². The van der Waals surface area contributed by atoms with E-state index in [0.717, 1.165) is 22.2 Å². The molecule has 3 N–H and O–H groups in total. The van der Waals surface area contributed by atoms with Gasteiger partial charge in [0.15, 0.2) is 5.78 Å². The molecule has 0 aliphatic heterocycles. The first-order chi connectivity index (χ1) is 8.10. The van der Waals surface area contributed by atoms with Gasteiger partial charge in [0.25, 0.3) is 0 Å². The fourth-order valence-corrected chi connectivity index (χ4v) is 2.11. The monoisotopic (exact) mass is 232 g/mol. The largest absolute Gasteiger partial charge is 0.496 e. The molecule has 4 heteroatoms. The summed E-state index contributed by atoms with van der Waals surface area (Å²) in [6.45, 7) is 3.96. The van der Waals surface area contributed by atoms with Gasteiger partial charge in [-0.25, -0.2) is 0 Å². The summed E-state index contributed by atoms with van der Waals surface area (Å²) in [5.74, 6) is 0.476. The summed E-state index contributed by atoms with van der Waals surface area (Å²) in [4.78, 5) is 15.2. The van der Waals surface area contributed by atoms with E-state index in [-0.39, 0.29) is 12.3 Å². The number of Topliss-reactive ketones (excluding diaryl/α,β-unsaturated/α-hetero) is 1. The third kappa shape index (κ3) is 1.70. The average molecular weight is 232 g/mol. The highest BCUT2D eigenvalue weighted by Gasteiger charge is 2.18. The molecule has 0 saturated heterocycles. The van der Waals surface area contributed by atoms with Crippen molar-refractivity contribution in [2.24, 2.45) is 5.73 Å². The number of aryl methyl sites for hydroxylation is 2. The van der Waals surface area contributed by atoms with Gasteiger partial charge >= 0.3 is 0 Å². The third-order valence-electron chi connectivity index (χ3n) is 3.11. The Morgan fingerprint density at radius 2 is 2.12 bits per heavy atom. The van der Waals surface area contributed by atoms with E-state index in [4.69, 9.17) is 10.5 Å². The number of aromatic amines is 1. The second-order valence-corrected chi connectivity index (χ2v) is 4.07. The number of ketones is 1. The van der Waals surface area contributed by atoms with Crippen molar-refractivity contribution >= 4 is 16.7 Å². The van der Waals surface area contributed by atoms with Crippen LogP contribution in [0.25, 0.3) is 10.9 Å². The van der Waals surface area contributed by atoms with Crippen LogP contribution in [0.4, 0.5) is 0 Å². The van der Waals surface area contributed by atoms with Crippen molar-refractivity contribution in [3.05, 3.63) is 29.0 Å². The molecule has 0 fully saturated rings. The maximum absolute atomic E-state index is 11.9. The van der Waals surface area contributed by atoms with E-state index >= 15 is 0 Å². The van der Waals surface area contributed by atoms with Crippen molar-refractivity contribution < 1.29 is 9.53 Å². The standard InChI is InChI=1S/C13H16N2O2/c1-7-8(2)15-9-4-5-11(17-3)13(12(7)9)10(16)6-14/h4-5,15H,6,14H2,1-3H3. The van der Waals surface area contributed by atoms with Crippen molar-refractivity contribution in [3.63, 3.8) is 0 Å². The molecule has 90 valence electrons. The smallest absolute Gasteiger partial charge is 0.180 e. The van der Waals surface area contributed by atoms with E-state index in [1.54, 1.807) is 13.2 Å². The molecule has 0 bridgehead atoms. The zero-order chi connectivity index (χ0) is 12.6. The number of carbonyl (C=O) groups excluding carboxylic acids is 1. The molecule has 0 radical (unpaired) electrons. The summed E-state index contributed by atoms with van der Waals surface area (Å²) in [5.41, 5.74) is 9.10. The molecule has 0 saturated carbocycles. The van der Waals surface area contributed by atoms with Gasteiger partial charge < -0.3 is 15.5 Å². The maximum atomic E-state index is 11.9. The Labute approximate surface area is 99.8 Å². The van der Waals surface area contributed by atoms with Crippen LogP contribution in [0.15, 0.2) is 12.1 Å². The average Bonchev–Trinajstić information content (AvgIpc) is 2.63. The van der Waals surface area contributed by atoms with Gasteiger partial charge in [-0.2, -0.15) is 0 Å². The lowest BCUT2D eigenvalue weighted by Crippen LogP contribution is -2.15. The predicted molar refractivity (Wildman–Crippen MR) is 67.7 cm³/mol. The van der Waals surface area contributed by atoms with Gasteiger partial charge in [0.2, 0.25) is 0 Å². The Kier molecular flexibility index (Phi) is 2.90. The summed E-state index contributed by atoms with van der Waals surface area (Å²) >= 11 is 0. The molecule has 0 aliphatic carbocycles. The number of hydrogen-bond donors (Lipinski definition) is 2. The molecular formula is C13H16N2O2. The third-order valence-corrected chi connectivity index (χ3v) is 3.11. The highest BCUT2D eigenvalue weighted by molar-refractivity contribution is 6.12. The van der Waals surface area contributed by atoms with Gasteiger partial charge in [-0.1, -0.05) is 0 Å². The van der Waals surface area contributed by atoms with Crippen LogP contribution >= 0.6 is 0 Å². The number of nitrogens with one attached hydrogen (secondary N) is 1. The van der Waals surface area contributed by atoms with Crippen molar-refractivity contribution in [2.75, 3.05) is 13.7 Å². The second-order valence-electron chi connectivity index (χ2n) is 4.07. The van der Waals surface area contributed by atoms with Crippen LogP contribution in [0.3, 0.4) is 0 Å². The zero-order valence-corrected chi connectivity index (χ0v) is 10.3. The molecule has 0 spiro atoms.